The Bertz CT molecular complexity index is 211. The molecule has 9 nitrogen and oxygen atoms in total. The van der Waals surface area contributed by atoms with Crippen LogP contribution in [0.1, 0.15) is 0 Å². The van der Waals surface area contributed by atoms with Gasteiger partial charge in [0.05, 0.1) is 39.6 Å². The summed E-state index contributed by atoms with van der Waals surface area (Å²) in [4.78, 5) is 13.4. The zero-order valence-corrected chi connectivity index (χ0v) is 12.3. The Morgan fingerprint density at radius 3 is 1.14 bits per heavy atom. The van der Waals surface area contributed by atoms with Crippen molar-refractivity contribution in [3.63, 3.8) is 0 Å². The molecule has 0 unspecified atom stereocenters. The third-order valence-corrected chi connectivity index (χ3v) is 2.44. The number of carboxylic acids is 1. The molecule has 0 aromatic carbocycles. The quantitative estimate of drug-likeness (QED) is 0.217. The molecule has 0 saturated heterocycles. The van der Waals surface area contributed by atoms with Gasteiger partial charge in [-0.3, -0.25) is 14.6 Å². The number of hydrogen-bond acceptors (Lipinski definition) is 8. The molecule has 0 amide bonds. The van der Waals surface area contributed by atoms with Crippen molar-refractivity contribution in [1.82, 2.24) is 9.80 Å². The molecule has 0 atom stereocenters. The van der Waals surface area contributed by atoms with Gasteiger partial charge in [0, 0.05) is 32.7 Å². The normalized spacial score (nSPS) is 10.6. The highest BCUT2D eigenvalue weighted by atomic mass is 16.4. The maximum Gasteiger partial charge on any atom is 0.317 e. The minimum Gasteiger partial charge on any atom is -0.480 e. The van der Waals surface area contributed by atoms with Crippen LogP contribution in [0.5, 0.6) is 0 Å². The van der Waals surface area contributed by atoms with Crippen molar-refractivity contribution in [1.29, 1.82) is 0 Å². The Hall–Kier alpha value is -0.810. The van der Waals surface area contributed by atoms with E-state index in [1.54, 1.807) is 4.90 Å². The summed E-state index contributed by atoms with van der Waals surface area (Å²) >= 11 is 0. The molecule has 21 heavy (non-hydrogen) atoms. The number of rotatable bonds is 12. The maximum atomic E-state index is 10.2. The van der Waals surface area contributed by atoms with Crippen LogP contribution in [0.2, 0.25) is 0 Å². The Kier molecular flexibility index (Phi) is 18.4. The number of hydrogen-bond donors (Lipinski definition) is 6. The van der Waals surface area contributed by atoms with E-state index in [0.717, 1.165) is 0 Å². The number of carbonyl (C=O) groups is 1. The van der Waals surface area contributed by atoms with Gasteiger partial charge in [-0.25, -0.2) is 0 Å². The van der Waals surface area contributed by atoms with Gasteiger partial charge in [0.15, 0.2) is 0 Å². The number of carboxylic acid groups (broad SMARTS) is 1. The first-order chi connectivity index (χ1) is 10.0. The molecule has 0 radical (unpaired) electrons. The molecular weight excluding hydrogens is 284 g/mol. The molecule has 6 N–H and O–H groups in total. The summed E-state index contributed by atoms with van der Waals surface area (Å²) in [5, 5.41) is 50.7. The molecule has 9 heteroatoms. The lowest BCUT2D eigenvalue weighted by molar-refractivity contribution is -0.138. The summed E-state index contributed by atoms with van der Waals surface area (Å²) in [6, 6.07) is 0. The zero-order valence-electron chi connectivity index (χ0n) is 12.3. The Balaban J connectivity index is 0. The molecule has 0 aromatic heterocycles. The fourth-order valence-electron chi connectivity index (χ4n) is 1.50. The van der Waals surface area contributed by atoms with Crippen molar-refractivity contribution in [3.05, 3.63) is 0 Å². The molecule has 0 rings (SSSR count). The van der Waals surface area contributed by atoms with Gasteiger partial charge in [-0.2, -0.15) is 0 Å². The van der Waals surface area contributed by atoms with Crippen LogP contribution in [0, 0.1) is 0 Å². The topological polar surface area (TPSA) is 145 Å². The highest BCUT2D eigenvalue weighted by Gasteiger charge is 2.07. The fourth-order valence-corrected chi connectivity index (χ4v) is 1.50. The van der Waals surface area contributed by atoms with Gasteiger partial charge in [0.25, 0.3) is 0 Å². The molecular formula is C12H28N2O7. The van der Waals surface area contributed by atoms with Crippen LogP contribution in [0.25, 0.3) is 0 Å². The second-order valence-corrected chi connectivity index (χ2v) is 4.13. The minimum absolute atomic E-state index is 0.0694. The van der Waals surface area contributed by atoms with E-state index in [1.807, 2.05) is 0 Å². The average Bonchev–Trinajstić information content (AvgIpc) is 2.40. The van der Waals surface area contributed by atoms with Crippen molar-refractivity contribution in [2.75, 3.05) is 72.3 Å². The van der Waals surface area contributed by atoms with Crippen LogP contribution in [-0.4, -0.2) is 119 Å². The number of nitrogens with zero attached hydrogens (tertiary/aromatic N) is 2. The summed E-state index contributed by atoms with van der Waals surface area (Å²) in [7, 11) is 0. The second kappa shape index (κ2) is 17.2. The van der Waals surface area contributed by atoms with E-state index in [4.69, 9.17) is 30.6 Å². The van der Waals surface area contributed by atoms with Gasteiger partial charge in [-0.05, 0) is 0 Å². The predicted octanol–water partition coefficient (Wildman–Crippen LogP) is -3.38. The summed E-state index contributed by atoms with van der Waals surface area (Å²) in [6.45, 7) is 2.00. The largest absolute Gasteiger partial charge is 0.480 e. The number of aliphatic hydroxyl groups is 5. The molecule has 0 aliphatic heterocycles. The van der Waals surface area contributed by atoms with Gasteiger partial charge in [0.2, 0.25) is 0 Å². The van der Waals surface area contributed by atoms with Gasteiger partial charge < -0.3 is 30.6 Å². The van der Waals surface area contributed by atoms with Crippen LogP contribution in [0.3, 0.4) is 0 Å². The molecule has 128 valence electrons. The van der Waals surface area contributed by atoms with Gasteiger partial charge >= 0.3 is 5.97 Å². The third-order valence-electron chi connectivity index (χ3n) is 2.44. The van der Waals surface area contributed by atoms with Crippen LogP contribution in [-0.2, 0) is 4.79 Å². The van der Waals surface area contributed by atoms with Crippen molar-refractivity contribution in [2.24, 2.45) is 0 Å². The van der Waals surface area contributed by atoms with E-state index in [2.05, 4.69) is 0 Å². The zero-order chi connectivity index (χ0) is 16.5. The maximum absolute atomic E-state index is 10.2. The molecule has 0 spiro atoms. The van der Waals surface area contributed by atoms with E-state index >= 15 is 0 Å². The van der Waals surface area contributed by atoms with Crippen LogP contribution >= 0.6 is 0 Å². The first-order valence-electron chi connectivity index (χ1n) is 6.76. The molecule has 0 aliphatic carbocycles. The predicted molar refractivity (Wildman–Crippen MR) is 75.9 cm³/mol. The average molecular weight is 312 g/mol. The molecule has 0 aliphatic rings. The van der Waals surface area contributed by atoms with Crippen molar-refractivity contribution in [3.8, 4) is 0 Å². The van der Waals surface area contributed by atoms with Gasteiger partial charge in [-0.1, -0.05) is 0 Å². The third kappa shape index (κ3) is 17.1. The van der Waals surface area contributed by atoms with Gasteiger partial charge in [0.1, 0.15) is 0 Å². The SMILES string of the molecule is O=C(O)CN(CCO)CCO.OCCN(CCO)CCO. The standard InChI is InChI=1S/C6H13NO4.C6H15NO3/c8-3-1-7(2-4-9)5-6(10)11;8-4-1-7(2-5-9)3-6-10/h8-9H,1-5H2,(H,10,11);8-10H,1-6H2. The molecule has 0 aromatic rings. The van der Waals surface area contributed by atoms with Gasteiger partial charge in [-0.15, -0.1) is 0 Å². The van der Waals surface area contributed by atoms with E-state index in [0.29, 0.717) is 19.6 Å². The van der Waals surface area contributed by atoms with Crippen molar-refractivity contribution >= 4 is 5.97 Å². The van der Waals surface area contributed by atoms with Crippen molar-refractivity contribution < 1.29 is 35.4 Å². The highest BCUT2D eigenvalue weighted by Crippen LogP contribution is 1.85. The van der Waals surface area contributed by atoms with Crippen LogP contribution in [0.15, 0.2) is 0 Å². The second-order valence-electron chi connectivity index (χ2n) is 4.13. The smallest absolute Gasteiger partial charge is 0.317 e. The van der Waals surface area contributed by atoms with E-state index in [-0.39, 0.29) is 52.7 Å². The fraction of sp³-hybridized carbons (Fsp3) is 0.917. The summed E-state index contributed by atoms with van der Waals surface area (Å²) in [5.41, 5.74) is 0. The molecule has 0 bridgehead atoms. The van der Waals surface area contributed by atoms with Crippen LogP contribution < -0.4 is 0 Å². The lowest BCUT2D eigenvalue weighted by Crippen LogP contribution is -2.34. The summed E-state index contributed by atoms with van der Waals surface area (Å²) in [6.07, 6.45) is 0. The first-order valence-corrected chi connectivity index (χ1v) is 6.76. The Labute approximate surface area is 124 Å². The van der Waals surface area contributed by atoms with E-state index in [9.17, 15) is 4.79 Å². The number of aliphatic hydroxyl groups excluding tert-OH is 5. The van der Waals surface area contributed by atoms with E-state index < -0.39 is 5.97 Å². The lowest BCUT2D eigenvalue weighted by Gasteiger charge is -2.17. The molecule has 0 fully saturated rings. The highest BCUT2D eigenvalue weighted by molar-refractivity contribution is 5.69. The van der Waals surface area contributed by atoms with Crippen LogP contribution in [0.4, 0.5) is 0 Å². The first kappa shape index (κ1) is 22.5. The Morgan fingerprint density at radius 2 is 0.905 bits per heavy atom. The molecule has 0 saturated carbocycles. The Morgan fingerprint density at radius 1 is 0.619 bits per heavy atom. The summed E-state index contributed by atoms with van der Waals surface area (Å²) < 4.78 is 0. The number of aliphatic carboxylic acids is 1. The molecule has 0 heterocycles. The monoisotopic (exact) mass is 312 g/mol. The lowest BCUT2D eigenvalue weighted by atomic mass is 10.4. The van der Waals surface area contributed by atoms with Crippen molar-refractivity contribution in [2.45, 2.75) is 0 Å². The minimum atomic E-state index is -0.952. The van der Waals surface area contributed by atoms with E-state index in [1.165, 1.54) is 4.90 Å². The summed E-state index contributed by atoms with van der Waals surface area (Å²) in [5.74, 6) is -0.952.